The Kier molecular flexibility index (Phi) is 3.47. The van der Waals surface area contributed by atoms with Crippen LogP contribution in [-0.4, -0.2) is 11.8 Å². The molecule has 0 saturated carbocycles. The highest BCUT2D eigenvalue weighted by Gasteiger charge is 2.31. The van der Waals surface area contributed by atoms with Crippen molar-refractivity contribution >= 4 is 22.6 Å². The van der Waals surface area contributed by atoms with Crippen LogP contribution in [0.1, 0.15) is 26.3 Å². The zero-order valence-electron chi connectivity index (χ0n) is 13.1. The van der Waals surface area contributed by atoms with Gasteiger partial charge in [0.05, 0.1) is 5.56 Å². The molecule has 0 aliphatic carbocycles. The van der Waals surface area contributed by atoms with Crippen molar-refractivity contribution < 1.29 is 27.5 Å². The topological polar surface area (TPSA) is 55.4 Å². The van der Waals surface area contributed by atoms with E-state index in [9.17, 15) is 22.8 Å². The van der Waals surface area contributed by atoms with E-state index in [1.807, 2.05) is 0 Å². The average molecular weight is 357 g/mol. The molecule has 4 rings (SSSR count). The van der Waals surface area contributed by atoms with Crippen molar-refractivity contribution in [2.75, 3.05) is 0 Å². The molecule has 0 unspecified atom stereocenters. The molecular formula is C19H10F3NO3. The smallest absolute Gasteiger partial charge is 0.416 e. The number of alkyl halides is 3. The summed E-state index contributed by atoms with van der Waals surface area (Å²) >= 11 is 0. The number of carbonyl (C=O) groups excluding carboxylic acids is 2. The summed E-state index contributed by atoms with van der Waals surface area (Å²) in [4.78, 5) is 24.0. The number of carbonyl (C=O) groups is 2. The zero-order chi connectivity index (χ0) is 18.5. The van der Waals surface area contributed by atoms with E-state index in [1.54, 1.807) is 18.2 Å². The molecule has 0 atom stereocenters. The molecule has 1 aliphatic rings. The Hall–Kier alpha value is -3.35. The molecular weight excluding hydrogens is 347 g/mol. The summed E-state index contributed by atoms with van der Waals surface area (Å²) in [7, 11) is 0. The second-order valence-electron chi connectivity index (χ2n) is 5.75. The van der Waals surface area contributed by atoms with E-state index in [-0.39, 0.29) is 11.5 Å². The maximum atomic E-state index is 12.9. The first-order valence-corrected chi connectivity index (χ1v) is 7.61. The molecule has 0 bridgehead atoms. The molecule has 1 aliphatic heterocycles. The third kappa shape index (κ3) is 2.57. The Morgan fingerprint density at radius 1 is 0.846 bits per heavy atom. The Bertz CT molecular complexity index is 1050. The van der Waals surface area contributed by atoms with Crippen LogP contribution < -0.4 is 10.1 Å². The van der Waals surface area contributed by atoms with Gasteiger partial charge in [0.25, 0.3) is 11.8 Å². The Morgan fingerprint density at radius 3 is 2.27 bits per heavy atom. The van der Waals surface area contributed by atoms with Crippen LogP contribution in [0.4, 0.5) is 13.2 Å². The van der Waals surface area contributed by atoms with Gasteiger partial charge < -0.3 is 4.74 Å². The lowest BCUT2D eigenvalue weighted by Crippen LogP contribution is -2.34. The third-order valence-corrected chi connectivity index (χ3v) is 4.11. The predicted octanol–water partition coefficient (Wildman–Crippen LogP) is 4.53. The van der Waals surface area contributed by atoms with Gasteiger partial charge in [-0.3, -0.25) is 14.9 Å². The van der Waals surface area contributed by atoms with Gasteiger partial charge in [0.15, 0.2) is 0 Å². The number of rotatable bonds is 2. The number of hydrogen-bond acceptors (Lipinski definition) is 3. The molecule has 3 aromatic carbocycles. The molecule has 1 N–H and O–H groups in total. The van der Waals surface area contributed by atoms with E-state index in [0.29, 0.717) is 21.9 Å². The molecule has 0 spiro atoms. The molecule has 0 saturated heterocycles. The summed E-state index contributed by atoms with van der Waals surface area (Å²) in [5.41, 5.74) is -0.203. The lowest BCUT2D eigenvalue weighted by atomic mass is 9.95. The van der Waals surface area contributed by atoms with Gasteiger partial charge in [-0.2, -0.15) is 13.2 Å². The molecule has 0 radical (unpaired) electrons. The number of amides is 2. The highest BCUT2D eigenvalue weighted by atomic mass is 19.4. The zero-order valence-corrected chi connectivity index (χ0v) is 13.1. The lowest BCUT2D eigenvalue weighted by molar-refractivity contribution is -0.137. The predicted molar refractivity (Wildman–Crippen MR) is 87.3 cm³/mol. The lowest BCUT2D eigenvalue weighted by Gasteiger charge is -2.18. The van der Waals surface area contributed by atoms with E-state index in [1.165, 1.54) is 24.3 Å². The molecule has 3 aromatic rings. The minimum Gasteiger partial charge on any atom is -0.457 e. The van der Waals surface area contributed by atoms with Crippen LogP contribution in [0, 0.1) is 0 Å². The first-order chi connectivity index (χ1) is 12.3. The van der Waals surface area contributed by atoms with Gasteiger partial charge >= 0.3 is 6.18 Å². The van der Waals surface area contributed by atoms with Crippen LogP contribution >= 0.6 is 0 Å². The second-order valence-corrected chi connectivity index (χ2v) is 5.75. The SMILES string of the molecule is O=C1NC(=O)c2ccc(Oc3cccc(C(F)(F)F)c3)c3cccc1c23. The molecule has 130 valence electrons. The number of hydrogen-bond donors (Lipinski definition) is 1. The maximum Gasteiger partial charge on any atom is 0.416 e. The Morgan fingerprint density at radius 2 is 1.54 bits per heavy atom. The van der Waals surface area contributed by atoms with Crippen molar-refractivity contribution in [1.29, 1.82) is 0 Å². The largest absolute Gasteiger partial charge is 0.457 e. The van der Waals surface area contributed by atoms with Crippen molar-refractivity contribution in [3.8, 4) is 11.5 Å². The molecule has 7 heteroatoms. The first kappa shape index (κ1) is 16.1. The quantitative estimate of drug-likeness (QED) is 0.686. The van der Waals surface area contributed by atoms with Gasteiger partial charge in [0.1, 0.15) is 11.5 Å². The second kappa shape index (κ2) is 5.59. The maximum absolute atomic E-state index is 12.9. The standard InChI is InChI=1S/C19H10F3NO3/c20-19(21,22)10-3-1-4-11(9-10)26-15-8-7-14-16-12(15)5-2-6-13(16)17(24)23-18(14)25/h1-9H,(H,23,24,25). The van der Waals surface area contributed by atoms with Gasteiger partial charge in [0.2, 0.25) is 0 Å². The fraction of sp³-hybridized carbons (Fsp3) is 0.0526. The molecule has 26 heavy (non-hydrogen) atoms. The molecule has 0 fully saturated rings. The summed E-state index contributed by atoms with van der Waals surface area (Å²) in [5, 5.41) is 3.14. The summed E-state index contributed by atoms with van der Waals surface area (Å²) < 4.78 is 44.2. The number of benzene rings is 3. The van der Waals surface area contributed by atoms with Gasteiger partial charge in [-0.05, 0) is 36.4 Å². The van der Waals surface area contributed by atoms with Gasteiger partial charge in [0, 0.05) is 21.9 Å². The normalized spacial score (nSPS) is 13.7. The fourth-order valence-corrected chi connectivity index (χ4v) is 2.95. The van der Waals surface area contributed by atoms with Crippen molar-refractivity contribution in [2.45, 2.75) is 6.18 Å². The van der Waals surface area contributed by atoms with E-state index < -0.39 is 23.6 Å². The number of ether oxygens (including phenoxy) is 1. The third-order valence-electron chi connectivity index (χ3n) is 4.11. The van der Waals surface area contributed by atoms with Crippen molar-refractivity contribution in [1.82, 2.24) is 5.32 Å². The monoisotopic (exact) mass is 357 g/mol. The van der Waals surface area contributed by atoms with Crippen LogP contribution in [0.15, 0.2) is 54.6 Å². The molecule has 2 amide bonds. The first-order valence-electron chi connectivity index (χ1n) is 7.61. The molecule has 4 nitrogen and oxygen atoms in total. The Labute approximate surface area is 145 Å². The van der Waals surface area contributed by atoms with Gasteiger partial charge in [-0.15, -0.1) is 0 Å². The van der Waals surface area contributed by atoms with Crippen LogP contribution in [0.5, 0.6) is 11.5 Å². The van der Waals surface area contributed by atoms with Crippen LogP contribution in [0.2, 0.25) is 0 Å². The number of nitrogens with one attached hydrogen (secondary N) is 1. The number of imide groups is 1. The van der Waals surface area contributed by atoms with Crippen molar-refractivity contribution in [3.63, 3.8) is 0 Å². The minimum absolute atomic E-state index is 0.00659. The van der Waals surface area contributed by atoms with E-state index in [4.69, 9.17) is 4.74 Å². The highest BCUT2D eigenvalue weighted by Crippen LogP contribution is 2.37. The average Bonchev–Trinajstić information content (AvgIpc) is 2.60. The van der Waals surface area contributed by atoms with Crippen molar-refractivity contribution in [3.05, 3.63) is 71.3 Å². The summed E-state index contributed by atoms with van der Waals surface area (Å²) in [5.74, 6) is -0.784. The van der Waals surface area contributed by atoms with E-state index >= 15 is 0 Å². The Balaban J connectivity index is 1.84. The summed E-state index contributed by atoms with van der Waals surface area (Å²) in [6, 6.07) is 12.3. The van der Waals surface area contributed by atoms with Crippen molar-refractivity contribution in [2.24, 2.45) is 0 Å². The molecule has 0 aromatic heterocycles. The van der Waals surface area contributed by atoms with Gasteiger partial charge in [-0.25, -0.2) is 0 Å². The van der Waals surface area contributed by atoms with Crippen LogP contribution in [-0.2, 0) is 6.18 Å². The summed E-state index contributed by atoms with van der Waals surface area (Å²) in [6.07, 6.45) is -4.48. The van der Waals surface area contributed by atoms with E-state index in [0.717, 1.165) is 12.1 Å². The minimum atomic E-state index is -4.48. The highest BCUT2D eigenvalue weighted by molar-refractivity contribution is 6.26. The fourth-order valence-electron chi connectivity index (χ4n) is 2.95. The van der Waals surface area contributed by atoms with Crippen LogP contribution in [0.25, 0.3) is 10.8 Å². The summed E-state index contributed by atoms with van der Waals surface area (Å²) in [6.45, 7) is 0. The number of halogens is 3. The molecule has 1 heterocycles. The van der Waals surface area contributed by atoms with Crippen LogP contribution in [0.3, 0.4) is 0 Å². The van der Waals surface area contributed by atoms with E-state index in [2.05, 4.69) is 5.32 Å². The van der Waals surface area contributed by atoms with Gasteiger partial charge in [-0.1, -0.05) is 18.2 Å².